The van der Waals surface area contributed by atoms with E-state index < -0.39 is 0 Å². The Morgan fingerprint density at radius 2 is 1.67 bits per heavy atom. The molecule has 0 bridgehead atoms. The molecule has 0 saturated carbocycles. The minimum absolute atomic E-state index is 1.20. The zero-order valence-corrected chi connectivity index (χ0v) is 8.77. The summed E-state index contributed by atoms with van der Waals surface area (Å²) in [4.78, 5) is 0. The first kappa shape index (κ1) is 11.5. The van der Waals surface area contributed by atoms with E-state index in [1.165, 1.54) is 37.7 Å². The average molecular weight is 166 g/mol. The first-order valence-corrected chi connectivity index (χ1v) is 5.05. The molecule has 12 heavy (non-hydrogen) atoms. The molecule has 0 aliphatic rings. The summed E-state index contributed by atoms with van der Waals surface area (Å²) in [5.74, 6) is 0. The fourth-order valence-corrected chi connectivity index (χ4v) is 1.03. The van der Waals surface area contributed by atoms with Crippen LogP contribution in [0, 0.1) is 0 Å². The molecule has 0 nitrogen and oxygen atoms in total. The molecule has 0 saturated heterocycles. The van der Waals surface area contributed by atoms with Gasteiger partial charge < -0.3 is 0 Å². The Kier molecular flexibility index (Phi) is 8.20. The topological polar surface area (TPSA) is 0 Å². The Morgan fingerprint density at radius 1 is 1.00 bits per heavy atom. The lowest BCUT2D eigenvalue weighted by molar-refractivity contribution is 0.811. The van der Waals surface area contributed by atoms with Crippen LogP contribution in [0.3, 0.4) is 0 Å². The van der Waals surface area contributed by atoms with E-state index in [9.17, 15) is 0 Å². The van der Waals surface area contributed by atoms with E-state index in [4.69, 9.17) is 0 Å². The van der Waals surface area contributed by atoms with Crippen molar-refractivity contribution in [2.45, 2.75) is 52.9 Å². The summed E-state index contributed by atoms with van der Waals surface area (Å²) in [7, 11) is 0. The molecule has 0 aliphatic carbocycles. The van der Waals surface area contributed by atoms with Crippen molar-refractivity contribution in [1.82, 2.24) is 0 Å². The summed E-state index contributed by atoms with van der Waals surface area (Å²) in [6, 6.07) is 0. The second kappa shape index (κ2) is 8.58. The van der Waals surface area contributed by atoms with Gasteiger partial charge in [0.25, 0.3) is 0 Å². The van der Waals surface area contributed by atoms with Gasteiger partial charge in [0.1, 0.15) is 0 Å². The van der Waals surface area contributed by atoms with Crippen molar-refractivity contribution in [3.63, 3.8) is 0 Å². The fraction of sp³-hybridized carbons (Fsp3) is 0.667. The Labute approximate surface area is 77.4 Å². The van der Waals surface area contributed by atoms with Crippen molar-refractivity contribution in [1.29, 1.82) is 0 Å². The largest absolute Gasteiger partial charge is 0.0885 e. The second-order valence-electron chi connectivity index (χ2n) is 3.47. The lowest BCUT2D eigenvalue weighted by Crippen LogP contribution is -1.70. The molecular formula is C12H22. The van der Waals surface area contributed by atoms with Crippen LogP contribution in [0.2, 0.25) is 0 Å². The predicted molar refractivity (Wildman–Crippen MR) is 57.3 cm³/mol. The van der Waals surface area contributed by atoms with Crippen LogP contribution in [0.5, 0.6) is 0 Å². The minimum Gasteiger partial charge on any atom is -0.0885 e. The number of rotatable bonds is 6. The van der Waals surface area contributed by atoms with E-state index >= 15 is 0 Å². The van der Waals surface area contributed by atoms with E-state index in [1.807, 2.05) is 0 Å². The zero-order valence-electron chi connectivity index (χ0n) is 8.77. The molecule has 0 aromatic rings. The molecule has 0 rings (SSSR count). The number of hydrogen-bond acceptors (Lipinski definition) is 0. The summed E-state index contributed by atoms with van der Waals surface area (Å²) in [6.07, 6.45) is 13.2. The second-order valence-corrected chi connectivity index (χ2v) is 3.47. The van der Waals surface area contributed by atoms with E-state index in [0.717, 1.165) is 0 Å². The highest BCUT2D eigenvalue weighted by atomic mass is 13.9. The maximum Gasteiger partial charge on any atom is -0.0314 e. The van der Waals surface area contributed by atoms with E-state index in [0.29, 0.717) is 0 Å². The van der Waals surface area contributed by atoms with Crippen molar-refractivity contribution in [3.05, 3.63) is 23.8 Å². The van der Waals surface area contributed by atoms with Crippen LogP contribution in [-0.4, -0.2) is 0 Å². The fourth-order valence-electron chi connectivity index (χ4n) is 1.03. The highest BCUT2D eigenvalue weighted by Gasteiger charge is 1.80. The molecule has 0 atom stereocenters. The van der Waals surface area contributed by atoms with Crippen LogP contribution >= 0.6 is 0 Å². The Morgan fingerprint density at radius 3 is 2.25 bits per heavy atom. The molecule has 0 amide bonds. The first-order valence-electron chi connectivity index (χ1n) is 5.05. The molecule has 0 heterocycles. The average Bonchev–Trinajstić information content (AvgIpc) is 2.02. The van der Waals surface area contributed by atoms with Crippen LogP contribution in [0.25, 0.3) is 0 Å². The molecule has 0 heteroatoms. The van der Waals surface area contributed by atoms with Gasteiger partial charge in [0.05, 0.1) is 0 Å². The van der Waals surface area contributed by atoms with Gasteiger partial charge in [-0.1, -0.05) is 43.6 Å². The first-order chi connectivity index (χ1) is 5.77. The lowest BCUT2D eigenvalue weighted by Gasteiger charge is -1.90. The van der Waals surface area contributed by atoms with E-state index in [2.05, 4.69) is 39.0 Å². The highest BCUT2D eigenvalue weighted by molar-refractivity contribution is 4.94. The standard InChI is InChI=1S/C12H22/c1-4-5-6-7-8-9-10-11-12(2)3/h7-8,11H,4-6,9-10H2,1-3H3. The van der Waals surface area contributed by atoms with Gasteiger partial charge in [0.2, 0.25) is 0 Å². The summed E-state index contributed by atoms with van der Waals surface area (Å²) in [5, 5.41) is 0. The van der Waals surface area contributed by atoms with Gasteiger partial charge in [0.15, 0.2) is 0 Å². The minimum atomic E-state index is 1.20. The van der Waals surface area contributed by atoms with Gasteiger partial charge in [-0.3, -0.25) is 0 Å². The van der Waals surface area contributed by atoms with Gasteiger partial charge in [-0.2, -0.15) is 0 Å². The Bertz CT molecular complexity index is 136. The Balaban J connectivity index is 3.19. The lowest BCUT2D eigenvalue weighted by atomic mass is 10.2. The smallest absolute Gasteiger partial charge is 0.0314 e. The van der Waals surface area contributed by atoms with Crippen LogP contribution < -0.4 is 0 Å². The summed E-state index contributed by atoms with van der Waals surface area (Å²) < 4.78 is 0. The van der Waals surface area contributed by atoms with Crippen LogP contribution in [0.15, 0.2) is 23.8 Å². The van der Waals surface area contributed by atoms with Crippen molar-refractivity contribution in [3.8, 4) is 0 Å². The van der Waals surface area contributed by atoms with Crippen molar-refractivity contribution in [2.24, 2.45) is 0 Å². The Hall–Kier alpha value is -0.520. The predicted octanol–water partition coefficient (Wildman–Crippen LogP) is 4.48. The third-order valence-corrected chi connectivity index (χ3v) is 1.78. The normalized spacial score (nSPS) is 10.6. The number of unbranched alkanes of at least 4 members (excludes halogenated alkanes) is 3. The van der Waals surface area contributed by atoms with Crippen LogP contribution in [0.4, 0.5) is 0 Å². The molecule has 0 spiro atoms. The van der Waals surface area contributed by atoms with Crippen molar-refractivity contribution >= 4 is 0 Å². The molecule has 0 aromatic heterocycles. The molecular weight excluding hydrogens is 144 g/mol. The van der Waals surface area contributed by atoms with Crippen molar-refractivity contribution in [2.75, 3.05) is 0 Å². The highest BCUT2D eigenvalue weighted by Crippen LogP contribution is 2.00. The summed E-state index contributed by atoms with van der Waals surface area (Å²) in [5.41, 5.74) is 1.43. The van der Waals surface area contributed by atoms with Gasteiger partial charge in [-0.05, 0) is 33.1 Å². The van der Waals surface area contributed by atoms with Gasteiger partial charge in [-0.25, -0.2) is 0 Å². The summed E-state index contributed by atoms with van der Waals surface area (Å²) in [6.45, 7) is 6.54. The number of hydrogen-bond donors (Lipinski definition) is 0. The van der Waals surface area contributed by atoms with Gasteiger partial charge in [-0.15, -0.1) is 0 Å². The molecule has 0 N–H and O–H groups in total. The molecule has 0 aromatic carbocycles. The van der Waals surface area contributed by atoms with Gasteiger partial charge >= 0.3 is 0 Å². The SMILES string of the molecule is CCCCC=CCCC=C(C)C. The molecule has 0 radical (unpaired) electrons. The monoisotopic (exact) mass is 166 g/mol. The summed E-state index contributed by atoms with van der Waals surface area (Å²) >= 11 is 0. The van der Waals surface area contributed by atoms with Gasteiger partial charge in [0, 0.05) is 0 Å². The van der Waals surface area contributed by atoms with Crippen LogP contribution in [-0.2, 0) is 0 Å². The molecule has 70 valence electrons. The third kappa shape index (κ3) is 9.48. The van der Waals surface area contributed by atoms with E-state index in [1.54, 1.807) is 0 Å². The van der Waals surface area contributed by atoms with E-state index in [-0.39, 0.29) is 0 Å². The quantitative estimate of drug-likeness (QED) is 0.403. The zero-order chi connectivity index (χ0) is 9.23. The maximum atomic E-state index is 2.31. The third-order valence-electron chi connectivity index (χ3n) is 1.78. The van der Waals surface area contributed by atoms with Crippen LogP contribution in [0.1, 0.15) is 52.9 Å². The molecule has 0 unspecified atom stereocenters. The number of allylic oxidation sites excluding steroid dienone is 4. The maximum absolute atomic E-state index is 2.31. The molecule has 0 aliphatic heterocycles. The van der Waals surface area contributed by atoms with Crippen molar-refractivity contribution < 1.29 is 0 Å². The molecule has 0 fully saturated rings.